The van der Waals surface area contributed by atoms with Gasteiger partial charge in [0.25, 0.3) is 5.91 Å². The molecule has 5 nitrogen and oxygen atoms in total. The van der Waals surface area contributed by atoms with Crippen LogP contribution in [0.5, 0.6) is 0 Å². The molecule has 0 aliphatic carbocycles. The molecule has 3 aromatic rings. The van der Waals surface area contributed by atoms with Crippen molar-refractivity contribution in [3.05, 3.63) is 77.4 Å². The maximum absolute atomic E-state index is 13.8. The van der Waals surface area contributed by atoms with Gasteiger partial charge in [-0.05, 0) is 37.3 Å². The minimum Gasteiger partial charge on any atom is -0.322 e. The Balaban J connectivity index is 1.91. The van der Waals surface area contributed by atoms with Crippen LogP contribution < -0.4 is 10.2 Å². The summed E-state index contributed by atoms with van der Waals surface area (Å²) in [5.41, 5.74) is 0.842. The van der Waals surface area contributed by atoms with Crippen LogP contribution in [-0.2, 0) is 0 Å². The Morgan fingerprint density at radius 3 is 2.41 bits per heavy atom. The lowest BCUT2D eigenvalue weighted by Gasteiger charge is -2.17. The summed E-state index contributed by atoms with van der Waals surface area (Å²) in [5.74, 6) is -4.81. The van der Waals surface area contributed by atoms with Gasteiger partial charge in [-0.25, -0.2) is 23.1 Å². The standard InChI is InChI=1S/C19H15F3N4O/c1-11-10-15(18(27)26(2)12-6-4-3-5-7-12)25-19(23-11)24-14-9-8-13(20)16(21)17(14)22/h3-10H,1-2H3,(H,23,24,25). The summed E-state index contributed by atoms with van der Waals surface area (Å²) >= 11 is 0. The molecule has 2 aromatic carbocycles. The molecule has 0 saturated carbocycles. The number of amides is 1. The molecule has 0 aliphatic rings. The quantitative estimate of drug-likeness (QED) is 0.697. The van der Waals surface area contributed by atoms with Crippen molar-refractivity contribution in [1.82, 2.24) is 9.97 Å². The van der Waals surface area contributed by atoms with E-state index in [1.54, 1.807) is 38.2 Å². The van der Waals surface area contributed by atoms with E-state index < -0.39 is 23.4 Å². The van der Waals surface area contributed by atoms with Crippen LogP contribution in [0, 0.1) is 24.4 Å². The Morgan fingerprint density at radius 2 is 1.70 bits per heavy atom. The van der Waals surface area contributed by atoms with Crippen LogP contribution in [-0.4, -0.2) is 22.9 Å². The molecule has 0 bridgehead atoms. The molecule has 0 fully saturated rings. The average molecular weight is 372 g/mol. The molecular formula is C19H15F3N4O. The molecule has 27 heavy (non-hydrogen) atoms. The van der Waals surface area contributed by atoms with Gasteiger partial charge in [0.2, 0.25) is 5.95 Å². The zero-order valence-electron chi connectivity index (χ0n) is 14.5. The number of carbonyl (C=O) groups excluding carboxylic acids is 1. The first kappa shape index (κ1) is 18.4. The average Bonchev–Trinajstić information content (AvgIpc) is 2.67. The summed E-state index contributed by atoms with van der Waals surface area (Å²) in [6.07, 6.45) is 0. The molecular weight excluding hydrogens is 357 g/mol. The monoisotopic (exact) mass is 372 g/mol. The van der Waals surface area contributed by atoms with E-state index in [0.717, 1.165) is 12.1 Å². The molecule has 1 aromatic heterocycles. The lowest BCUT2D eigenvalue weighted by atomic mass is 10.2. The van der Waals surface area contributed by atoms with E-state index in [0.29, 0.717) is 11.4 Å². The predicted octanol–water partition coefficient (Wildman–Crippen LogP) is 4.22. The van der Waals surface area contributed by atoms with Gasteiger partial charge in [0.1, 0.15) is 5.69 Å². The second-order valence-electron chi connectivity index (χ2n) is 5.77. The van der Waals surface area contributed by atoms with Gasteiger partial charge in [0, 0.05) is 18.4 Å². The van der Waals surface area contributed by atoms with Gasteiger partial charge in [-0.2, -0.15) is 0 Å². The van der Waals surface area contributed by atoms with Gasteiger partial charge in [-0.3, -0.25) is 4.79 Å². The second-order valence-corrected chi connectivity index (χ2v) is 5.77. The number of anilines is 3. The van der Waals surface area contributed by atoms with Crippen molar-refractivity contribution < 1.29 is 18.0 Å². The Labute approximate surface area is 153 Å². The molecule has 0 aliphatic heterocycles. The SMILES string of the molecule is Cc1cc(C(=O)N(C)c2ccccc2)nc(Nc2ccc(F)c(F)c2F)n1. The maximum atomic E-state index is 13.8. The van der Waals surface area contributed by atoms with Crippen molar-refractivity contribution in [2.45, 2.75) is 6.92 Å². The number of hydrogen-bond donors (Lipinski definition) is 1. The fraction of sp³-hybridized carbons (Fsp3) is 0.105. The summed E-state index contributed by atoms with van der Waals surface area (Å²) in [4.78, 5) is 22.2. The topological polar surface area (TPSA) is 58.1 Å². The van der Waals surface area contributed by atoms with Crippen molar-refractivity contribution in [3.63, 3.8) is 0 Å². The highest BCUT2D eigenvalue weighted by molar-refractivity contribution is 6.04. The third-order valence-electron chi connectivity index (χ3n) is 3.80. The first-order valence-electron chi connectivity index (χ1n) is 7.96. The van der Waals surface area contributed by atoms with Crippen LogP contribution in [0.4, 0.5) is 30.5 Å². The zero-order chi connectivity index (χ0) is 19.6. The third kappa shape index (κ3) is 3.89. The third-order valence-corrected chi connectivity index (χ3v) is 3.80. The smallest absolute Gasteiger partial charge is 0.276 e. The molecule has 1 amide bonds. The Hall–Kier alpha value is -3.42. The molecule has 8 heteroatoms. The van der Waals surface area contributed by atoms with Crippen LogP contribution in [0.2, 0.25) is 0 Å². The molecule has 0 unspecified atom stereocenters. The number of para-hydroxylation sites is 1. The zero-order valence-corrected chi connectivity index (χ0v) is 14.5. The molecule has 0 saturated heterocycles. The number of nitrogens with zero attached hydrogens (tertiary/aromatic N) is 3. The molecule has 3 rings (SSSR count). The normalized spacial score (nSPS) is 10.6. The number of benzene rings is 2. The summed E-state index contributed by atoms with van der Waals surface area (Å²) in [6, 6.07) is 12.2. The maximum Gasteiger partial charge on any atom is 0.276 e. The van der Waals surface area contributed by atoms with Gasteiger partial charge in [-0.15, -0.1) is 0 Å². The predicted molar refractivity (Wildman–Crippen MR) is 95.5 cm³/mol. The van der Waals surface area contributed by atoms with E-state index >= 15 is 0 Å². The van der Waals surface area contributed by atoms with Crippen LogP contribution >= 0.6 is 0 Å². The van der Waals surface area contributed by atoms with E-state index in [4.69, 9.17) is 0 Å². The first-order chi connectivity index (χ1) is 12.9. The lowest BCUT2D eigenvalue weighted by Crippen LogP contribution is -2.27. The molecule has 138 valence electrons. The summed E-state index contributed by atoms with van der Waals surface area (Å²) in [7, 11) is 1.59. The molecule has 1 heterocycles. The first-order valence-corrected chi connectivity index (χ1v) is 7.96. The van der Waals surface area contributed by atoms with Crippen LogP contribution in [0.15, 0.2) is 48.5 Å². The van der Waals surface area contributed by atoms with E-state index in [1.165, 1.54) is 11.0 Å². The second kappa shape index (κ2) is 7.45. The van der Waals surface area contributed by atoms with Crippen molar-refractivity contribution >= 4 is 23.2 Å². The Kier molecular flexibility index (Phi) is 5.07. The van der Waals surface area contributed by atoms with Crippen LogP contribution in [0.25, 0.3) is 0 Å². The highest BCUT2D eigenvalue weighted by atomic mass is 19.2. The Morgan fingerprint density at radius 1 is 1.00 bits per heavy atom. The van der Waals surface area contributed by atoms with Gasteiger partial charge in [0.15, 0.2) is 17.5 Å². The molecule has 0 spiro atoms. The van der Waals surface area contributed by atoms with Crippen molar-refractivity contribution in [3.8, 4) is 0 Å². The number of aromatic nitrogens is 2. The molecule has 1 N–H and O–H groups in total. The van der Waals surface area contributed by atoms with E-state index in [-0.39, 0.29) is 17.3 Å². The highest BCUT2D eigenvalue weighted by Crippen LogP contribution is 2.23. The van der Waals surface area contributed by atoms with E-state index in [9.17, 15) is 18.0 Å². The number of hydrogen-bond acceptors (Lipinski definition) is 4. The number of nitrogens with one attached hydrogen (secondary N) is 1. The van der Waals surface area contributed by atoms with Crippen molar-refractivity contribution in [2.75, 3.05) is 17.3 Å². The lowest BCUT2D eigenvalue weighted by molar-refractivity contribution is 0.0988. The van der Waals surface area contributed by atoms with Gasteiger partial charge >= 0.3 is 0 Å². The number of carbonyl (C=O) groups is 1. The molecule has 0 radical (unpaired) electrons. The fourth-order valence-electron chi connectivity index (χ4n) is 2.42. The minimum absolute atomic E-state index is 0.0688. The molecule has 0 atom stereocenters. The van der Waals surface area contributed by atoms with Crippen LogP contribution in [0.3, 0.4) is 0 Å². The number of rotatable bonds is 4. The fourth-order valence-corrected chi connectivity index (χ4v) is 2.42. The van der Waals surface area contributed by atoms with Gasteiger partial charge in [-0.1, -0.05) is 18.2 Å². The number of aryl methyl sites for hydroxylation is 1. The van der Waals surface area contributed by atoms with E-state index in [2.05, 4.69) is 15.3 Å². The highest BCUT2D eigenvalue weighted by Gasteiger charge is 2.18. The summed E-state index contributed by atoms with van der Waals surface area (Å²) in [6.45, 7) is 1.63. The number of halogens is 3. The van der Waals surface area contributed by atoms with Gasteiger partial charge < -0.3 is 10.2 Å². The van der Waals surface area contributed by atoms with Crippen molar-refractivity contribution in [2.24, 2.45) is 0 Å². The van der Waals surface area contributed by atoms with E-state index in [1.807, 2.05) is 6.07 Å². The van der Waals surface area contributed by atoms with Crippen LogP contribution in [0.1, 0.15) is 16.2 Å². The Bertz CT molecular complexity index is 996. The summed E-state index contributed by atoms with van der Waals surface area (Å²) in [5, 5.41) is 2.48. The minimum atomic E-state index is -1.60. The summed E-state index contributed by atoms with van der Waals surface area (Å²) < 4.78 is 40.3. The largest absolute Gasteiger partial charge is 0.322 e. The van der Waals surface area contributed by atoms with Gasteiger partial charge in [0.05, 0.1) is 5.69 Å². The van der Waals surface area contributed by atoms with Crippen molar-refractivity contribution in [1.29, 1.82) is 0 Å².